The third-order valence-corrected chi connectivity index (χ3v) is 3.00. The fourth-order valence-electron chi connectivity index (χ4n) is 1.58. The molecule has 0 spiro atoms. The van der Waals surface area contributed by atoms with Crippen LogP contribution in [0.4, 0.5) is 18.9 Å². The first-order valence-corrected chi connectivity index (χ1v) is 5.81. The van der Waals surface area contributed by atoms with Crippen molar-refractivity contribution in [3.63, 3.8) is 0 Å². The van der Waals surface area contributed by atoms with E-state index in [1.54, 1.807) is 24.1 Å². The molecule has 2 rings (SSSR count). The van der Waals surface area contributed by atoms with Gasteiger partial charge in [-0.15, -0.1) is 0 Å². The number of hydrogen-bond donors (Lipinski definition) is 1. The molecule has 0 bridgehead atoms. The highest BCUT2D eigenvalue weighted by Gasteiger charge is 2.30. The summed E-state index contributed by atoms with van der Waals surface area (Å²) in [5.74, 6) is 0. The number of aryl methyl sites for hydroxylation is 1. The Morgan fingerprint density at radius 3 is 2.68 bits per heavy atom. The molecule has 3 nitrogen and oxygen atoms in total. The lowest BCUT2D eigenvalue weighted by atomic mass is 10.2. The summed E-state index contributed by atoms with van der Waals surface area (Å²) in [7, 11) is 1.80. The van der Waals surface area contributed by atoms with E-state index in [4.69, 9.17) is 11.6 Å². The minimum absolute atomic E-state index is 0.246. The van der Waals surface area contributed by atoms with Crippen LogP contribution in [0.3, 0.4) is 0 Å². The van der Waals surface area contributed by atoms with Gasteiger partial charge >= 0.3 is 6.18 Å². The lowest BCUT2D eigenvalue weighted by Gasteiger charge is -2.12. The monoisotopic (exact) mass is 289 g/mol. The van der Waals surface area contributed by atoms with E-state index in [0.29, 0.717) is 6.54 Å². The van der Waals surface area contributed by atoms with Gasteiger partial charge < -0.3 is 9.88 Å². The molecule has 1 heterocycles. The Kier molecular flexibility index (Phi) is 3.71. The number of rotatable bonds is 3. The molecule has 0 atom stereocenters. The van der Waals surface area contributed by atoms with Crippen LogP contribution in [0.5, 0.6) is 0 Å². The molecule has 0 saturated heterocycles. The Balaban J connectivity index is 2.18. The number of nitrogens with zero attached hydrogens (tertiary/aromatic N) is 2. The van der Waals surface area contributed by atoms with E-state index in [-0.39, 0.29) is 10.7 Å². The quantitative estimate of drug-likeness (QED) is 0.933. The molecule has 0 amide bonds. The van der Waals surface area contributed by atoms with E-state index < -0.39 is 11.7 Å². The predicted octanol–water partition coefficient (Wildman–Crippen LogP) is 3.70. The van der Waals surface area contributed by atoms with Crippen molar-refractivity contribution in [2.75, 3.05) is 5.32 Å². The Morgan fingerprint density at radius 1 is 1.37 bits per heavy atom. The fraction of sp³-hybridized carbons (Fsp3) is 0.250. The van der Waals surface area contributed by atoms with Gasteiger partial charge in [-0.05, 0) is 18.2 Å². The number of aromatic nitrogens is 2. The van der Waals surface area contributed by atoms with E-state index in [9.17, 15) is 13.2 Å². The number of hydrogen-bond acceptors (Lipinski definition) is 2. The van der Waals surface area contributed by atoms with E-state index >= 15 is 0 Å². The van der Waals surface area contributed by atoms with Crippen LogP contribution in [-0.4, -0.2) is 9.55 Å². The normalized spacial score (nSPS) is 11.6. The molecule has 2 aromatic rings. The second kappa shape index (κ2) is 5.13. The summed E-state index contributed by atoms with van der Waals surface area (Å²) < 4.78 is 39.5. The number of anilines is 1. The first kappa shape index (κ1) is 13.7. The first-order valence-electron chi connectivity index (χ1n) is 5.44. The second-order valence-corrected chi connectivity index (χ2v) is 4.45. The largest absolute Gasteiger partial charge is 0.416 e. The van der Waals surface area contributed by atoms with E-state index in [0.717, 1.165) is 17.8 Å². The van der Waals surface area contributed by atoms with Gasteiger partial charge in [-0.25, -0.2) is 4.98 Å². The summed E-state index contributed by atoms with van der Waals surface area (Å²) in [6.45, 7) is 0.345. The van der Waals surface area contributed by atoms with E-state index in [1.165, 1.54) is 6.07 Å². The van der Waals surface area contributed by atoms with Crippen molar-refractivity contribution in [3.05, 3.63) is 47.0 Å². The highest BCUT2D eigenvalue weighted by atomic mass is 35.5. The van der Waals surface area contributed by atoms with Crippen molar-refractivity contribution in [1.29, 1.82) is 0 Å². The number of benzene rings is 1. The van der Waals surface area contributed by atoms with E-state index in [2.05, 4.69) is 10.3 Å². The van der Waals surface area contributed by atoms with Crippen LogP contribution in [0.2, 0.25) is 5.02 Å². The molecule has 0 unspecified atom stereocenters. The molecular formula is C12H11ClF3N3. The Bertz CT molecular complexity index is 578. The molecule has 1 N–H and O–H groups in total. The van der Waals surface area contributed by atoms with Crippen LogP contribution >= 0.6 is 11.6 Å². The van der Waals surface area contributed by atoms with Crippen LogP contribution in [0, 0.1) is 0 Å². The zero-order chi connectivity index (χ0) is 14.0. The minimum Gasteiger partial charge on any atom is -0.378 e. The standard InChI is InChI=1S/C12H11ClF3N3/c1-19-7-17-5-9(19)6-18-11-4-8(12(14,15)16)2-3-10(11)13/h2-5,7,18H,6H2,1H3. The maximum Gasteiger partial charge on any atom is 0.416 e. The molecule has 1 aromatic carbocycles. The van der Waals surface area contributed by atoms with E-state index in [1.807, 2.05) is 0 Å². The fourth-order valence-corrected chi connectivity index (χ4v) is 1.76. The van der Waals surface area contributed by atoms with Crippen LogP contribution in [0.15, 0.2) is 30.7 Å². The summed E-state index contributed by atoms with van der Waals surface area (Å²) in [6, 6.07) is 3.19. The molecule has 0 aliphatic carbocycles. The molecule has 19 heavy (non-hydrogen) atoms. The maximum absolute atomic E-state index is 12.6. The van der Waals surface area contributed by atoms with Gasteiger partial charge in [0.25, 0.3) is 0 Å². The summed E-state index contributed by atoms with van der Waals surface area (Å²) in [6.07, 6.45) is -1.13. The van der Waals surface area contributed by atoms with Gasteiger partial charge in [-0.2, -0.15) is 13.2 Å². The van der Waals surface area contributed by atoms with Gasteiger partial charge in [-0.1, -0.05) is 11.6 Å². The number of alkyl halides is 3. The molecule has 0 aliphatic rings. The molecule has 0 aliphatic heterocycles. The summed E-state index contributed by atoms with van der Waals surface area (Å²) in [5, 5.41) is 3.12. The summed E-state index contributed by atoms with van der Waals surface area (Å²) >= 11 is 5.87. The SMILES string of the molecule is Cn1cncc1CNc1cc(C(F)(F)F)ccc1Cl. The van der Waals surface area contributed by atoms with Crippen molar-refractivity contribution in [1.82, 2.24) is 9.55 Å². The predicted molar refractivity (Wildman–Crippen MR) is 67.0 cm³/mol. The van der Waals surface area contributed by atoms with Crippen LogP contribution in [0.25, 0.3) is 0 Å². The topological polar surface area (TPSA) is 29.9 Å². The molecular weight excluding hydrogens is 279 g/mol. The summed E-state index contributed by atoms with van der Waals surface area (Å²) in [4.78, 5) is 3.92. The highest BCUT2D eigenvalue weighted by Crippen LogP contribution is 2.33. The van der Waals surface area contributed by atoms with Gasteiger partial charge in [0.15, 0.2) is 0 Å². The van der Waals surface area contributed by atoms with Crippen molar-refractivity contribution in [2.45, 2.75) is 12.7 Å². The smallest absolute Gasteiger partial charge is 0.378 e. The third kappa shape index (κ3) is 3.20. The Labute approximate surface area is 113 Å². The Morgan fingerprint density at radius 2 is 2.11 bits per heavy atom. The second-order valence-electron chi connectivity index (χ2n) is 4.04. The van der Waals surface area contributed by atoms with Crippen molar-refractivity contribution < 1.29 is 13.2 Å². The number of imidazole rings is 1. The average Bonchev–Trinajstić information content (AvgIpc) is 2.72. The van der Waals surface area contributed by atoms with Gasteiger partial charge in [0.2, 0.25) is 0 Å². The molecule has 1 aromatic heterocycles. The minimum atomic E-state index is -4.38. The van der Waals surface area contributed by atoms with Crippen LogP contribution in [-0.2, 0) is 19.8 Å². The van der Waals surface area contributed by atoms with Gasteiger partial charge in [0.1, 0.15) is 0 Å². The first-order chi connectivity index (χ1) is 8.88. The number of nitrogens with one attached hydrogen (secondary N) is 1. The van der Waals surface area contributed by atoms with Crippen molar-refractivity contribution in [2.24, 2.45) is 7.05 Å². The van der Waals surface area contributed by atoms with Crippen molar-refractivity contribution in [3.8, 4) is 0 Å². The van der Waals surface area contributed by atoms with Crippen LogP contribution in [0.1, 0.15) is 11.3 Å². The molecule has 7 heteroatoms. The lowest BCUT2D eigenvalue weighted by molar-refractivity contribution is -0.137. The van der Waals surface area contributed by atoms with Crippen molar-refractivity contribution >= 4 is 17.3 Å². The average molecular weight is 290 g/mol. The van der Waals surface area contributed by atoms with Gasteiger partial charge in [0, 0.05) is 13.2 Å². The molecule has 0 fully saturated rings. The molecule has 0 radical (unpaired) electrons. The van der Waals surface area contributed by atoms with Gasteiger partial charge in [-0.3, -0.25) is 0 Å². The zero-order valence-corrected chi connectivity index (χ0v) is 10.8. The zero-order valence-electron chi connectivity index (χ0n) is 10.0. The molecule has 0 saturated carbocycles. The Hall–Kier alpha value is -1.69. The maximum atomic E-state index is 12.6. The lowest BCUT2D eigenvalue weighted by Crippen LogP contribution is -2.08. The van der Waals surface area contributed by atoms with Gasteiger partial charge in [0.05, 0.1) is 34.8 Å². The van der Waals surface area contributed by atoms with Crippen LogP contribution < -0.4 is 5.32 Å². The number of halogens is 4. The molecule has 102 valence electrons. The summed E-state index contributed by atoms with van der Waals surface area (Å²) in [5.41, 5.74) is 0.357. The third-order valence-electron chi connectivity index (χ3n) is 2.67. The highest BCUT2D eigenvalue weighted by molar-refractivity contribution is 6.33.